The molecule has 2 aromatic heterocycles. The quantitative estimate of drug-likeness (QED) is 0.663. The molecule has 4 rings (SSSR count). The molecule has 0 unspecified atom stereocenters. The number of amides is 1. The number of benzene rings is 1. The molecule has 0 radical (unpaired) electrons. The second-order valence-electron chi connectivity index (χ2n) is 7.98. The molecule has 1 fully saturated rings. The van der Waals surface area contributed by atoms with Crippen molar-refractivity contribution in [1.29, 1.82) is 0 Å². The fourth-order valence-electron chi connectivity index (χ4n) is 3.92. The Morgan fingerprint density at radius 2 is 1.89 bits per heavy atom. The van der Waals surface area contributed by atoms with Crippen LogP contribution in [0, 0.1) is 26.7 Å². The normalized spacial score (nSPS) is 17.1. The zero-order valence-electron chi connectivity index (χ0n) is 17.0. The zero-order valence-corrected chi connectivity index (χ0v) is 17.0. The fraction of sp³-hybridized carbons (Fsp3) is 0.391. The summed E-state index contributed by atoms with van der Waals surface area (Å²) in [5.74, 6) is 1.35. The monoisotopic (exact) mass is 374 g/mol. The Hall–Kier alpha value is -2.82. The Morgan fingerprint density at radius 3 is 2.61 bits per heavy atom. The summed E-state index contributed by atoms with van der Waals surface area (Å²) in [6.45, 7) is 9.85. The number of carbonyl (C=O) groups is 1. The first-order valence-corrected chi connectivity index (χ1v) is 9.93. The molecule has 3 heterocycles. The predicted molar refractivity (Wildman–Crippen MR) is 111 cm³/mol. The lowest BCUT2D eigenvalue weighted by molar-refractivity contribution is 0.0685. The van der Waals surface area contributed by atoms with E-state index in [2.05, 4.69) is 36.8 Å². The number of nitrogens with zero attached hydrogens (tertiary/aromatic N) is 4. The van der Waals surface area contributed by atoms with Crippen molar-refractivity contribution >= 4 is 16.8 Å². The van der Waals surface area contributed by atoms with Crippen molar-refractivity contribution in [3.8, 4) is 11.3 Å². The van der Waals surface area contributed by atoms with Gasteiger partial charge in [0.25, 0.3) is 5.91 Å². The van der Waals surface area contributed by atoms with Gasteiger partial charge in [0.05, 0.1) is 16.8 Å². The molecular formula is C23H26N4O. The van der Waals surface area contributed by atoms with Crippen molar-refractivity contribution in [2.24, 2.45) is 5.92 Å². The maximum Gasteiger partial charge on any atom is 0.254 e. The largest absolute Gasteiger partial charge is 0.338 e. The summed E-state index contributed by atoms with van der Waals surface area (Å²) < 4.78 is 0. The lowest BCUT2D eigenvalue weighted by Crippen LogP contribution is -2.39. The van der Waals surface area contributed by atoms with Crippen LogP contribution in [-0.2, 0) is 0 Å². The molecule has 0 saturated carbocycles. The Labute approximate surface area is 165 Å². The molecule has 28 heavy (non-hydrogen) atoms. The van der Waals surface area contributed by atoms with Crippen molar-refractivity contribution in [2.45, 2.75) is 40.5 Å². The first kappa shape index (κ1) is 18.5. The zero-order chi connectivity index (χ0) is 19.8. The van der Waals surface area contributed by atoms with Crippen LogP contribution in [0.2, 0.25) is 0 Å². The van der Waals surface area contributed by atoms with Gasteiger partial charge in [-0.15, -0.1) is 0 Å². The van der Waals surface area contributed by atoms with Gasteiger partial charge >= 0.3 is 0 Å². The molecule has 1 aromatic carbocycles. The van der Waals surface area contributed by atoms with Crippen molar-refractivity contribution in [3.05, 3.63) is 53.1 Å². The van der Waals surface area contributed by atoms with Crippen LogP contribution in [0.1, 0.15) is 47.1 Å². The lowest BCUT2D eigenvalue weighted by atomic mass is 9.96. The van der Waals surface area contributed by atoms with E-state index in [0.717, 1.165) is 58.6 Å². The van der Waals surface area contributed by atoms with Crippen LogP contribution >= 0.6 is 0 Å². The molecule has 1 atom stereocenters. The fourth-order valence-corrected chi connectivity index (χ4v) is 3.92. The number of piperidine rings is 1. The van der Waals surface area contributed by atoms with E-state index in [4.69, 9.17) is 4.98 Å². The highest BCUT2D eigenvalue weighted by molar-refractivity contribution is 6.08. The standard InChI is InChI=1S/C23H26N4O/c1-14-6-5-9-27(13-14)23(28)20-10-21(18-11-24-17(4)25-12-18)26-22-16(3)15(2)7-8-19(20)22/h7-8,10-12,14H,5-6,9,13H2,1-4H3/t14-/m1/s1. The van der Waals surface area contributed by atoms with E-state index in [1.165, 1.54) is 12.0 Å². The van der Waals surface area contributed by atoms with Crippen molar-refractivity contribution < 1.29 is 4.79 Å². The lowest BCUT2D eigenvalue weighted by Gasteiger charge is -2.31. The molecule has 1 amide bonds. The number of aromatic nitrogens is 3. The molecule has 0 N–H and O–H groups in total. The average Bonchev–Trinajstić information content (AvgIpc) is 2.70. The van der Waals surface area contributed by atoms with E-state index in [1.807, 2.05) is 24.0 Å². The maximum absolute atomic E-state index is 13.5. The van der Waals surface area contributed by atoms with Gasteiger partial charge in [-0.25, -0.2) is 15.0 Å². The van der Waals surface area contributed by atoms with Crippen LogP contribution in [0.15, 0.2) is 30.6 Å². The number of aryl methyl sites for hydroxylation is 3. The number of rotatable bonds is 2. The van der Waals surface area contributed by atoms with E-state index < -0.39 is 0 Å². The molecule has 0 aliphatic carbocycles. The summed E-state index contributed by atoms with van der Waals surface area (Å²) in [6.07, 6.45) is 5.80. The number of hydrogen-bond donors (Lipinski definition) is 0. The average molecular weight is 374 g/mol. The third-order valence-corrected chi connectivity index (χ3v) is 5.76. The van der Waals surface area contributed by atoms with Gasteiger partial charge in [-0.3, -0.25) is 4.79 Å². The van der Waals surface area contributed by atoms with Gasteiger partial charge in [0.2, 0.25) is 0 Å². The Balaban J connectivity index is 1.89. The van der Waals surface area contributed by atoms with E-state index in [-0.39, 0.29) is 5.91 Å². The van der Waals surface area contributed by atoms with Crippen LogP contribution in [0.5, 0.6) is 0 Å². The van der Waals surface area contributed by atoms with Crippen LogP contribution in [0.3, 0.4) is 0 Å². The van der Waals surface area contributed by atoms with Gasteiger partial charge in [-0.1, -0.05) is 19.1 Å². The molecule has 0 spiro atoms. The number of likely N-dealkylation sites (tertiary alicyclic amines) is 1. The highest BCUT2D eigenvalue weighted by atomic mass is 16.2. The molecule has 144 valence electrons. The highest BCUT2D eigenvalue weighted by Gasteiger charge is 2.25. The highest BCUT2D eigenvalue weighted by Crippen LogP contribution is 2.29. The number of hydrogen-bond acceptors (Lipinski definition) is 4. The smallest absolute Gasteiger partial charge is 0.254 e. The summed E-state index contributed by atoms with van der Waals surface area (Å²) in [5.41, 5.74) is 5.45. The van der Waals surface area contributed by atoms with Crippen LogP contribution < -0.4 is 0 Å². The van der Waals surface area contributed by atoms with Crippen molar-refractivity contribution in [3.63, 3.8) is 0 Å². The molecule has 1 saturated heterocycles. The molecule has 0 bridgehead atoms. The third-order valence-electron chi connectivity index (χ3n) is 5.76. The first-order valence-electron chi connectivity index (χ1n) is 9.93. The molecular weight excluding hydrogens is 348 g/mol. The molecule has 1 aliphatic rings. The van der Waals surface area contributed by atoms with Crippen molar-refractivity contribution in [2.75, 3.05) is 13.1 Å². The Morgan fingerprint density at radius 1 is 1.14 bits per heavy atom. The summed E-state index contributed by atoms with van der Waals surface area (Å²) in [7, 11) is 0. The van der Waals surface area contributed by atoms with Gasteiger partial charge in [0.1, 0.15) is 5.82 Å². The minimum Gasteiger partial charge on any atom is -0.338 e. The van der Waals surface area contributed by atoms with Gasteiger partial charge in [0.15, 0.2) is 0 Å². The van der Waals surface area contributed by atoms with Crippen LogP contribution in [0.4, 0.5) is 0 Å². The van der Waals surface area contributed by atoms with E-state index >= 15 is 0 Å². The molecule has 3 aromatic rings. The first-order chi connectivity index (χ1) is 13.4. The summed E-state index contributed by atoms with van der Waals surface area (Å²) in [5, 5.41) is 0.920. The summed E-state index contributed by atoms with van der Waals surface area (Å²) in [6, 6.07) is 6.01. The van der Waals surface area contributed by atoms with Gasteiger partial charge < -0.3 is 4.90 Å². The number of pyridine rings is 1. The maximum atomic E-state index is 13.5. The second-order valence-corrected chi connectivity index (χ2v) is 7.98. The topological polar surface area (TPSA) is 59.0 Å². The second kappa shape index (κ2) is 7.30. The predicted octanol–water partition coefficient (Wildman–Crippen LogP) is 4.49. The van der Waals surface area contributed by atoms with Gasteiger partial charge in [-0.2, -0.15) is 0 Å². The molecule has 5 heteroatoms. The van der Waals surface area contributed by atoms with Crippen molar-refractivity contribution in [1.82, 2.24) is 19.9 Å². The van der Waals surface area contributed by atoms with Gasteiger partial charge in [0, 0.05) is 36.4 Å². The Bertz CT molecular complexity index is 1040. The number of carbonyl (C=O) groups excluding carboxylic acids is 1. The third kappa shape index (κ3) is 3.37. The molecule has 1 aliphatic heterocycles. The minimum absolute atomic E-state index is 0.0940. The minimum atomic E-state index is 0.0940. The van der Waals surface area contributed by atoms with E-state index in [9.17, 15) is 4.79 Å². The Kier molecular flexibility index (Phi) is 4.84. The van der Waals surface area contributed by atoms with Crippen LogP contribution in [0.25, 0.3) is 22.2 Å². The van der Waals surface area contributed by atoms with Crippen LogP contribution in [-0.4, -0.2) is 38.8 Å². The van der Waals surface area contributed by atoms with E-state index in [1.54, 1.807) is 12.4 Å². The summed E-state index contributed by atoms with van der Waals surface area (Å²) in [4.78, 5) is 28.9. The SMILES string of the molecule is Cc1ncc(-c2cc(C(=O)N3CCC[C@@H](C)C3)c3ccc(C)c(C)c3n2)cn1. The summed E-state index contributed by atoms with van der Waals surface area (Å²) >= 11 is 0. The van der Waals surface area contributed by atoms with Gasteiger partial charge in [-0.05, 0) is 56.7 Å². The molecule has 5 nitrogen and oxygen atoms in total. The number of fused-ring (bicyclic) bond motifs is 1. The van der Waals surface area contributed by atoms with E-state index in [0.29, 0.717) is 5.92 Å².